The number of aromatic nitrogens is 2. The highest BCUT2D eigenvalue weighted by Crippen LogP contribution is 2.36. The maximum atomic E-state index is 13.0. The first-order chi connectivity index (χ1) is 11.1. The van der Waals surface area contributed by atoms with E-state index in [0.717, 1.165) is 12.8 Å². The summed E-state index contributed by atoms with van der Waals surface area (Å²) in [6, 6.07) is 3.42. The van der Waals surface area contributed by atoms with Crippen molar-refractivity contribution >= 4 is 21.8 Å². The van der Waals surface area contributed by atoms with Gasteiger partial charge in [-0.25, -0.2) is 0 Å². The number of carbonyl (C=O) groups excluding carboxylic acids is 1. The van der Waals surface area contributed by atoms with Crippen LogP contribution in [0.5, 0.6) is 0 Å². The molecule has 0 fully saturated rings. The number of hydrogen-bond donors (Lipinski definition) is 0. The number of aryl methyl sites for hydroxylation is 2. The number of halogens is 4. The minimum Gasteiger partial charge on any atom is -0.469 e. The number of carbonyl (C=O) groups is 1. The molecule has 0 aliphatic carbocycles. The first-order valence-corrected chi connectivity index (χ1v) is 8.01. The number of rotatable bonds is 5. The minimum absolute atomic E-state index is 0.189. The molecule has 2 rings (SSSR count). The highest BCUT2D eigenvalue weighted by molar-refractivity contribution is 9.10. The average Bonchev–Trinajstić information content (AvgIpc) is 3.10. The Kier molecular flexibility index (Phi) is 5.42. The number of amides is 1. The lowest BCUT2D eigenvalue weighted by atomic mass is 10.1. The second-order valence-electron chi connectivity index (χ2n) is 5.52. The highest BCUT2D eigenvalue weighted by Gasteiger charge is 2.40. The lowest BCUT2D eigenvalue weighted by molar-refractivity contribution is -0.144. The van der Waals surface area contributed by atoms with Crippen LogP contribution < -0.4 is 0 Å². The van der Waals surface area contributed by atoms with Crippen LogP contribution in [-0.2, 0) is 19.6 Å². The number of hydrogen-bond acceptors (Lipinski definition) is 3. The van der Waals surface area contributed by atoms with E-state index in [2.05, 4.69) is 21.0 Å². The van der Waals surface area contributed by atoms with E-state index in [0.29, 0.717) is 17.5 Å². The van der Waals surface area contributed by atoms with Crippen molar-refractivity contribution < 1.29 is 22.4 Å². The van der Waals surface area contributed by atoms with Crippen molar-refractivity contribution in [1.29, 1.82) is 0 Å². The molecule has 132 valence electrons. The fourth-order valence-electron chi connectivity index (χ4n) is 2.31. The van der Waals surface area contributed by atoms with Gasteiger partial charge in [0.05, 0.1) is 10.7 Å². The summed E-state index contributed by atoms with van der Waals surface area (Å²) in [5.41, 5.74) is -1.24. The third kappa shape index (κ3) is 3.82. The van der Waals surface area contributed by atoms with E-state index in [1.807, 2.05) is 13.0 Å². The normalized spacial score (nSPS) is 13.1. The zero-order valence-corrected chi connectivity index (χ0v) is 15.0. The van der Waals surface area contributed by atoms with Crippen LogP contribution in [0.25, 0.3) is 0 Å². The zero-order valence-electron chi connectivity index (χ0n) is 13.4. The third-order valence-electron chi connectivity index (χ3n) is 3.83. The Morgan fingerprint density at radius 1 is 1.50 bits per heavy atom. The molecule has 0 aromatic carbocycles. The molecule has 2 aromatic rings. The van der Waals surface area contributed by atoms with Gasteiger partial charge in [0.2, 0.25) is 0 Å². The van der Waals surface area contributed by atoms with Gasteiger partial charge in [-0.3, -0.25) is 9.48 Å². The summed E-state index contributed by atoms with van der Waals surface area (Å²) in [4.78, 5) is 13.9. The van der Waals surface area contributed by atoms with Crippen LogP contribution in [0.3, 0.4) is 0 Å². The second kappa shape index (κ2) is 7.00. The molecule has 0 aliphatic heterocycles. The van der Waals surface area contributed by atoms with Gasteiger partial charge in [0.15, 0.2) is 11.4 Å². The Morgan fingerprint density at radius 3 is 2.67 bits per heavy atom. The molecule has 1 unspecified atom stereocenters. The summed E-state index contributed by atoms with van der Waals surface area (Å²) in [7, 11) is 2.70. The summed E-state index contributed by atoms with van der Waals surface area (Å²) >= 11 is 2.86. The SMILES string of the molecule is CC(CCc1ccco1)N(C)C(=O)c1nn(C)c(C(F)(F)F)c1Br. The molecule has 0 N–H and O–H groups in total. The molecule has 0 radical (unpaired) electrons. The molecular weight excluding hydrogens is 391 g/mol. The van der Waals surface area contributed by atoms with E-state index < -0.39 is 17.8 Å². The first kappa shape index (κ1) is 18.6. The fourth-order valence-corrected chi connectivity index (χ4v) is 3.04. The molecule has 24 heavy (non-hydrogen) atoms. The largest absolute Gasteiger partial charge is 0.469 e. The predicted molar refractivity (Wildman–Crippen MR) is 84.5 cm³/mol. The number of alkyl halides is 3. The van der Waals surface area contributed by atoms with Gasteiger partial charge in [-0.1, -0.05) is 0 Å². The average molecular weight is 408 g/mol. The Hall–Kier alpha value is -1.77. The Morgan fingerprint density at radius 2 is 2.17 bits per heavy atom. The molecule has 5 nitrogen and oxygen atoms in total. The molecule has 0 bridgehead atoms. The highest BCUT2D eigenvalue weighted by atomic mass is 79.9. The maximum Gasteiger partial charge on any atom is 0.434 e. The van der Waals surface area contributed by atoms with Gasteiger partial charge in [-0.15, -0.1) is 0 Å². The second-order valence-corrected chi connectivity index (χ2v) is 6.31. The van der Waals surface area contributed by atoms with Gasteiger partial charge in [-0.05, 0) is 41.4 Å². The maximum absolute atomic E-state index is 13.0. The van der Waals surface area contributed by atoms with Crippen molar-refractivity contribution in [3.63, 3.8) is 0 Å². The van der Waals surface area contributed by atoms with Crippen molar-refractivity contribution in [3.8, 4) is 0 Å². The summed E-state index contributed by atoms with van der Waals surface area (Å²) < 4.78 is 44.6. The van der Waals surface area contributed by atoms with Crippen molar-refractivity contribution in [3.05, 3.63) is 40.0 Å². The standard InChI is InChI=1S/C15H17BrF3N3O2/c1-9(6-7-10-5-4-8-24-10)21(2)14(23)12-11(16)13(15(17,18)19)22(3)20-12/h4-5,8-9H,6-7H2,1-3H3. The van der Waals surface area contributed by atoms with E-state index in [4.69, 9.17) is 4.42 Å². The topological polar surface area (TPSA) is 51.3 Å². The minimum atomic E-state index is -4.59. The van der Waals surface area contributed by atoms with Crippen LogP contribution in [0.4, 0.5) is 13.2 Å². The molecule has 0 saturated carbocycles. The van der Waals surface area contributed by atoms with Crippen LogP contribution >= 0.6 is 15.9 Å². The molecule has 0 spiro atoms. The summed E-state index contributed by atoms with van der Waals surface area (Å²) in [5.74, 6) is 0.223. The van der Waals surface area contributed by atoms with E-state index in [1.165, 1.54) is 4.90 Å². The van der Waals surface area contributed by atoms with E-state index in [1.54, 1.807) is 19.4 Å². The van der Waals surface area contributed by atoms with Gasteiger partial charge in [0.1, 0.15) is 5.76 Å². The Balaban J connectivity index is 2.13. The monoisotopic (exact) mass is 407 g/mol. The molecular formula is C15H17BrF3N3O2. The van der Waals surface area contributed by atoms with Gasteiger partial charge in [-0.2, -0.15) is 18.3 Å². The molecule has 9 heteroatoms. The Bertz CT molecular complexity index is 710. The van der Waals surface area contributed by atoms with Gasteiger partial charge < -0.3 is 9.32 Å². The van der Waals surface area contributed by atoms with Crippen molar-refractivity contribution in [1.82, 2.24) is 14.7 Å². The first-order valence-electron chi connectivity index (χ1n) is 7.22. The Labute approximate surface area is 145 Å². The molecule has 0 aliphatic rings. The van der Waals surface area contributed by atoms with Crippen LogP contribution in [0, 0.1) is 0 Å². The molecule has 1 atom stereocenters. The molecule has 2 aromatic heterocycles. The van der Waals surface area contributed by atoms with Crippen molar-refractivity contribution in [2.45, 2.75) is 32.0 Å². The van der Waals surface area contributed by atoms with Crippen LogP contribution in [0.15, 0.2) is 27.3 Å². The van der Waals surface area contributed by atoms with Crippen molar-refractivity contribution in [2.24, 2.45) is 7.05 Å². The quantitative estimate of drug-likeness (QED) is 0.755. The molecule has 2 heterocycles. The summed E-state index contributed by atoms with van der Waals surface area (Å²) in [5, 5.41) is 3.73. The lowest BCUT2D eigenvalue weighted by Crippen LogP contribution is -2.35. The zero-order chi connectivity index (χ0) is 18.1. The third-order valence-corrected chi connectivity index (χ3v) is 4.58. The van der Waals surface area contributed by atoms with Gasteiger partial charge in [0, 0.05) is 26.6 Å². The van der Waals surface area contributed by atoms with Gasteiger partial charge in [0.25, 0.3) is 5.91 Å². The van der Waals surface area contributed by atoms with Crippen LogP contribution in [0.1, 0.15) is 35.3 Å². The molecule has 0 saturated heterocycles. The van der Waals surface area contributed by atoms with E-state index >= 15 is 0 Å². The van der Waals surface area contributed by atoms with Crippen molar-refractivity contribution in [2.75, 3.05) is 7.05 Å². The molecule has 1 amide bonds. The smallest absolute Gasteiger partial charge is 0.434 e. The lowest BCUT2D eigenvalue weighted by Gasteiger charge is -2.24. The summed E-state index contributed by atoms with van der Waals surface area (Å²) in [6.45, 7) is 1.82. The van der Waals surface area contributed by atoms with E-state index in [9.17, 15) is 18.0 Å². The van der Waals surface area contributed by atoms with Crippen LogP contribution in [-0.4, -0.2) is 33.7 Å². The number of nitrogens with zero attached hydrogens (tertiary/aromatic N) is 3. The fraction of sp³-hybridized carbons (Fsp3) is 0.467. The van der Waals surface area contributed by atoms with Gasteiger partial charge >= 0.3 is 6.18 Å². The number of furan rings is 1. The summed E-state index contributed by atoms with van der Waals surface area (Å²) in [6.07, 6.45) is -1.78. The van der Waals surface area contributed by atoms with E-state index in [-0.39, 0.29) is 16.2 Å². The van der Waals surface area contributed by atoms with Crippen LogP contribution in [0.2, 0.25) is 0 Å². The predicted octanol–water partition coefficient (Wildman–Crippen LogP) is 3.89.